The second-order valence-corrected chi connectivity index (χ2v) is 5.11. The van der Waals surface area contributed by atoms with Crippen molar-refractivity contribution in [1.29, 1.82) is 0 Å². The summed E-state index contributed by atoms with van der Waals surface area (Å²) < 4.78 is 64.1. The zero-order chi connectivity index (χ0) is 14.7. The summed E-state index contributed by atoms with van der Waals surface area (Å²) in [6, 6.07) is 0. The van der Waals surface area contributed by atoms with Crippen molar-refractivity contribution < 1.29 is 22.0 Å². The Morgan fingerprint density at radius 1 is 1.11 bits per heavy atom. The van der Waals surface area contributed by atoms with Crippen LogP contribution in [-0.4, -0.2) is 21.2 Å². The van der Waals surface area contributed by atoms with E-state index < -0.39 is 21.5 Å². The lowest BCUT2D eigenvalue weighted by molar-refractivity contribution is -0.292. The summed E-state index contributed by atoms with van der Waals surface area (Å²) in [5.74, 6) is -4.93. The van der Waals surface area contributed by atoms with Crippen molar-refractivity contribution >= 4 is 22.6 Å². The van der Waals surface area contributed by atoms with Gasteiger partial charge in [0.15, 0.2) is 9.39 Å². The van der Waals surface area contributed by atoms with Crippen LogP contribution in [0.2, 0.25) is 0 Å². The molecule has 1 aromatic heterocycles. The Kier molecular flexibility index (Phi) is 5.51. The summed E-state index contributed by atoms with van der Waals surface area (Å²) in [5, 5.41) is 6.69. The third-order valence-electron chi connectivity index (χ3n) is 2.57. The molecule has 0 unspecified atom stereocenters. The van der Waals surface area contributed by atoms with Crippen molar-refractivity contribution in [1.82, 2.24) is 15.0 Å². The average Bonchev–Trinajstić information content (AvgIpc) is 2.65. The number of hydrogen-bond donors (Lipinski definition) is 0. The molecule has 1 heterocycles. The molecule has 9 heteroatoms. The van der Waals surface area contributed by atoms with Gasteiger partial charge in [0.05, 0.1) is 0 Å². The number of rotatable bonds is 6. The van der Waals surface area contributed by atoms with Crippen LogP contribution in [0.5, 0.6) is 0 Å². The molecule has 0 N–H and O–H groups in total. The normalized spacial score (nSPS) is 13.0. The van der Waals surface area contributed by atoms with Crippen molar-refractivity contribution in [3.63, 3.8) is 0 Å². The summed E-state index contributed by atoms with van der Waals surface area (Å²) in [6.07, 6.45) is -2.55. The van der Waals surface area contributed by atoms with Crippen molar-refractivity contribution in [3.05, 3.63) is 9.39 Å². The Labute approximate surface area is 120 Å². The maximum absolute atomic E-state index is 13.4. The Morgan fingerprint density at radius 3 is 2.26 bits per heavy atom. The smallest absolute Gasteiger partial charge is 0.242 e. The van der Waals surface area contributed by atoms with Crippen LogP contribution in [0.1, 0.15) is 38.3 Å². The van der Waals surface area contributed by atoms with Gasteiger partial charge in [-0.05, 0) is 29.0 Å². The highest BCUT2D eigenvalue weighted by molar-refractivity contribution is 14.1. The van der Waals surface area contributed by atoms with E-state index in [0.29, 0.717) is 11.1 Å². The number of aromatic nitrogens is 3. The molecule has 0 spiro atoms. The Balaban J connectivity index is 2.92. The third kappa shape index (κ3) is 3.76. The van der Waals surface area contributed by atoms with Crippen LogP contribution in [0, 0.1) is 3.70 Å². The number of hydrogen-bond acceptors (Lipinski definition) is 2. The quantitative estimate of drug-likeness (QED) is 0.411. The lowest BCUT2D eigenvalue weighted by Gasteiger charge is -2.20. The van der Waals surface area contributed by atoms with Gasteiger partial charge in [-0.2, -0.15) is 22.0 Å². The van der Waals surface area contributed by atoms with Crippen molar-refractivity contribution in [2.75, 3.05) is 0 Å². The van der Waals surface area contributed by atoms with E-state index in [0.717, 1.165) is 19.3 Å². The van der Waals surface area contributed by atoms with Crippen LogP contribution in [0.4, 0.5) is 22.0 Å². The fourth-order valence-corrected chi connectivity index (χ4v) is 2.28. The Hall–Kier alpha value is -0.480. The first-order valence-corrected chi connectivity index (χ1v) is 6.83. The molecule has 3 nitrogen and oxygen atoms in total. The van der Waals surface area contributed by atoms with E-state index >= 15 is 0 Å². The molecule has 19 heavy (non-hydrogen) atoms. The lowest BCUT2D eigenvalue weighted by atomic mass is 10.2. The molecule has 0 aliphatic carbocycles. The molecular weight excluding hydrogens is 384 g/mol. The van der Waals surface area contributed by atoms with Crippen LogP contribution in [0.15, 0.2) is 0 Å². The van der Waals surface area contributed by atoms with Gasteiger partial charge in [-0.3, -0.25) is 0 Å². The van der Waals surface area contributed by atoms with Gasteiger partial charge in [0.25, 0.3) is 0 Å². The van der Waals surface area contributed by atoms with Gasteiger partial charge in [0, 0.05) is 6.54 Å². The van der Waals surface area contributed by atoms with Gasteiger partial charge in [-0.25, -0.2) is 4.68 Å². The van der Waals surface area contributed by atoms with Crippen molar-refractivity contribution in [2.24, 2.45) is 0 Å². The summed E-state index contributed by atoms with van der Waals surface area (Å²) in [5.41, 5.74) is -1.17. The molecule has 0 fully saturated rings. The summed E-state index contributed by atoms with van der Waals surface area (Å²) >= 11 is 1.34. The fourth-order valence-electron chi connectivity index (χ4n) is 1.56. The molecule has 0 aliphatic rings. The minimum atomic E-state index is -5.64. The monoisotopic (exact) mass is 397 g/mol. The minimum Gasteiger partial charge on any atom is -0.242 e. The summed E-state index contributed by atoms with van der Waals surface area (Å²) in [6.45, 7) is 1.98. The molecule has 0 atom stereocenters. The minimum absolute atomic E-state index is 0.0109. The standard InChI is InChI=1S/C10H13F5IN3/c1-2-3-4-5-6-19-7(8(16)17-18-19)9(11,12)10(13,14)15/h2-6H2,1H3. The number of aryl methyl sites for hydroxylation is 1. The lowest BCUT2D eigenvalue weighted by Crippen LogP contribution is -2.36. The van der Waals surface area contributed by atoms with Crippen LogP contribution < -0.4 is 0 Å². The van der Waals surface area contributed by atoms with Gasteiger partial charge < -0.3 is 0 Å². The zero-order valence-electron chi connectivity index (χ0n) is 10.1. The van der Waals surface area contributed by atoms with Crippen LogP contribution >= 0.6 is 22.6 Å². The number of unbranched alkanes of at least 4 members (excludes halogenated alkanes) is 3. The SMILES string of the molecule is CCCCCCn1nnc(I)c1C(F)(F)C(F)(F)F. The van der Waals surface area contributed by atoms with E-state index in [-0.39, 0.29) is 6.54 Å². The van der Waals surface area contributed by atoms with E-state index in [1.165, 1.54) is 22.6 Å². The Bertz CT molecular complexity index is 416. The van der Waals surface area contributed by atoms with E-state index in [1.54, 1.807) is 0 Å². The largest absolute Gasteiger partial charge is 0.459 e. The fraction of sp³-hybridized carbons (Fsp3) is 0.800. The Morgan fingerprint density at radius 2 is 1.74 bits per heavy atom. The second kappa shape index (κ2) is 6.31. The molecular formula is C10H13F5IN3. The molecule has 0 saturated heterocycles. The average molecular weight is 397 g/mol. The predicted molar refractivity (Wildman–Crippen MR) is 66.8 cm³/mol. The predicted octanol–water partition coefficient (Wildman–Crippen LogP) is 4.12. The highest BCUT2D eigenvalue weighted by atomic mass is 127. The van der Waals surface area contributed by atoms with Gasteiger partial charge in [0.1, 0.15) is 0 Å². The maximum atomic E-state index is 13.4. The van der Waals surface area contributed by atoms with Crippen molar-refractivity contribution in [3.8, 4) is 0 Å². The summed E-state index contributed by atoms with van der Waals surface area (Å²) in [4.78, 5) is 0. The first kappa shape index (κ1) is 16.6. The topological polar surface area (TPSA) is 30.7 Å². The first-order valence-electron chi connectivity index (χ1n) is 5.75. The molecule has 0 aliphatic heterocycles. The van der Waals surface area contributed by atoms with Crippen molar-refractivity contribution in [2.45, 2.75) is 51.3 Å². The van der Waals surface area contributed by atoms with Gasteiger partial charge in [-0.1, -0.05) is 31.4 Å². The number of halogens is 6. The molecule has 110 valence electrons. The van der Waals surface area contributed by atoms with E-state index in [9.17, 15) is 22.0 Å². The molecule has 0 amide bonds. The van der Waals surface area contributed by atoms with Gasteiger partial charge in [-0.15, -0.1) is 5.10 Å². The number of alkyl halides is 5. The molecule has 1 rings (SSSR count). The molecule has 0 radical (unpaired) electrons. The molecule has 0 bridgehead atoms. The van der Waals surface area contributed by atoms with Gasteiger partial charge in [0.2, 0.25) is 0 Å². The molecule has 1 aromatic rings. The van der Waals surface area contributed by atoms with Crippen LogP contribution in [0.25, 0.3) is 0 Å². The number of nitrogens with zero attached hydrogens (tertiary/aromatic N) is 3. The zero-order valence-corrected chi connectivity index (χ0v) is 12.3. The summed E-state index contributed by atoms with van der Waals surface area (Å²) in [7, 11) is 0. The molecule has 0 saturated carbocycles. The highest BCUT2D eigenvalue weighted by Crippen LogP contribution is 2.44. The van der Waals surface area contributed by atoms with Crippen LogP contribution in [0.3, 0.4) is 0 Å². The first-order chi connectivity index (χ1) is 8.71. The maximum Gasteiger partial charge on any atom is 0.459 e. The van der Waals surface area contributed by atoms with E-state index in [1.807, 2.05) is 6.92 Å². The van der Waals surface area contributed by atoms with E-state index in [2.05, 4.69) is 10.3 Å². The third-order valence-corrected chi connectivity index (χ3v) is 3.30. The second-order valence-electron chi connectivity index (χ2n) is 4.08. The highest BCUT2D eigenvalue weighted by Gasteiger charge is 2.62. The van der Waals surface area contributed by atoms with Gasteiger partial charge >= 0.3 is 12.1 Å². The van der Waals surface area contributed by atoms with E-state index in [4.69, 9.17) is 0 Å². The molecule has 0 aromatic carbocycles. The van der Waals surface area contributed by atoms with Crippen LogP contribution in [-0.2, 0) is 12.5 Å².